The first-order valence-electron chi connectivity index (χ1n) is 9.21. The molecule has 3 nitrogen and oxygen atoms in total. The molecule has 4 heteroatoms. The summed E-state index contributed by atoms with van der Waals surface area (Å²) >= 11 is 6.07. The number of hydrogen-bond acceptors (Lipinski definition) is 3. The summed E-state index contributed by atoms with van der Waals surface area (Å²) in [7, 11) is 0. The van der Waals surface area contributed by atoms with E-state index in [2.05, 4.69) is 30.0 Å². The molecular weight excluding hydrogens is 344 g/mol. The lowest BCUT2D eigenvalue weighted by Crippen LogP contribution is -2.34. The van der Waals surface area contributed by atoms with Gasteiger partial charge in [-0.05, 0) is 54.7 Å². The highest BCUT2D eigenvalue weighted by Crippen LogP contribution is 2.29. The van der Waals surface area contributed by atoms with Gasteiger partial charge in [-0.1, -0.05) is 42.8 Å². The number of halogens is 1. The van der Waals surface area contributed by atoms with Crippen LogP contribution in [0.25, 0.3) is 10.9 Å². The summed E-state index contributed by atoms with van der Waals surface area (Å²) in [4.78, 5) is 7.33. The number of rotatable bonds is 4. The van der Waals surface area contributed by atoms with Gasteiger partial charge < -0.3 is 9.64 Å². The molecule has 1 unspecified atom stereocenters. The molecule has 134 valence electrons. The van der Waals surface area contributed by atoms with E-state index in [9.17, 15) is 0 Å². The van der Waals surface area contributed by atoms with Crippen LogP contribution < -0.4 is 9.64 Å². The molecule has 2 heterocycles. The van der Waals surface area contributed by atoms with E-state index >= 15 is 0 Å². The van der Waals surface area contributed by atoms with Crippen molar-refractivity contribution in [2.45, 2.75) is 26.4 Å². The minimum atomic E-state index is 0.479. The molecule has 1 aromatic heterocycles. The third-order valence-electron chi connectivity index (χ3n) is 4.93. The van der Waals surface area contributed by atoms with E-state index in [1.807, 2.05) is 36.4 Å². The quantitative estimate of drug-likeness (QED) is 0.591. The Morgan fingerprint density at radius 1 is 1.15 bits per heavy atom. The van der Waals surface area contributed by atoms with Crippen molar-refractivity contribution in [2.24, 2.45) is 5.92 Å². The van der Waals surface area contributed by atoms with Gasteiger partial charge in [0.25, 0.3) is 0 Å². The number of anilines is 1. The van der Waals surface area contributed by atoms with Gasteiger partial charge in [-0.25, -0.2) is 4.98 Å². The summed E-state index contributed by atoms with van der Waals surface area (Å²) in [5.74, 6) is 2.58. The summed E-state index contributed by atoms with van der Waals surface area (Å²) in [5, 5.41) is 1.83. The number of nitrogens with zero attached hydrogens (tertiary/aromatic N) is 2. The van der Waals surface area contributed by atoms with E-state index in [1.54, 1.807) is 0 Å². The van der Waals surface area contributed by atoms with Gasteiger partial charge in [0.2, 0.25) is 0 Å². The van der Waals surface area contributed by atoms with Gasteiger partial charge in [-0.3, -0.25) is 0 Å². The number of para-hydroxylation sites is 1. The van der Waals surface area contributed by atoms with E-state index < -0.39 is 0 Å². The first kappa shape index (κ1) is 17.2. The average Bonchev–Trinajstić information content (AvgIpc) is 2.66. The van der Waals surface area contributed by atoms with Crippen molar-refractivity contribution in [3.05, 3.63) is 65.2 Å². The second-order valence-electron chi connectivity index (χ2n) is 7.11. The molecule has 1 aliphatic heterocycles. The van der Waals surface area contributed by atoms with Crippen molar-refractivity contribution in [1.29, 1.82) is 0 Å². The van der Waals surface area contributed by atoms with Crippen LogP contribution in [0, 0.1) is 5.92 Å². The number of aromatic nitrogens is 1. The van der Waals surface area contributed by atoms with Crippen molar-refractivity contribution in [1.82, 2.24) is 4.98 Å². The van der Waals surface area contributed by atoms with Crippen LogP contribution in [-0.4, -0.2) is 18.1 Å². The Labute approximate surface area is 159 Å². The Balaban J connectivity index is 1.61. The summed E-state index contributed by atoms with van der Waals surface area (Å²) < 4.78 is 6.08. The van der Waals surface area contributed by atoms with Crippen molar-refractivity contribution < 1.29 is 4.74 Å². The second-order valence-corrected chi connectivity index (χ2v) is 7.55. The van der Waals surface area contributed by atoms with Crippen molar-refractivity contribution in [2.75, 3.05) is 18.0 Å². The van der Waals surface area contributed by atoms with Crippen LogP contribution in [0.1, 0.15) is 25.3 Å². The molecule has 0 bridgehead atoms. The molecule has 1 atom stereocenters. The van der Waals surface area contributed by atoms with Crippen LogP contribution in [0.15, 0.2) is 54.6 Å². The van der Waals surface area contributed by atoms with Crippen molar-refractivity contribution >= 4 is 28.3 Å². The number of pyridine rings is 1. The highest BCUT2D eigenvalue weighted by Gasteiger charge is 2.18. The maximum Gasteiger partial charge on any atom is 0.146 e. The molecule has 0 amide bonds. The van der Waals surface area contributed by atoms with E-state index in [4.69, 9.17) is 21.3 Å². The maximum atomic E-state index is 6.08. The van der Waals surface area contributed by atoms with Crippen molar-refractivity contribution in [3.8, 4) is 5.75 Å². The zero-order chi connectivity index (χ0) is 17.9. The van der Waals surface area contributed by atoms with Crippen LogP contribution in [0.3, 0.4) is 0 Å². The van der Waals surface area contributed by atoms with Gasteiger partial charge in [-0.15, -0.1) is 0 Å². The molecule has 1 saturated heterocycles. The Morgan fingerprint density at radius 2 is 2.04 bits per heavy atom. The van der Waals surface area contributed by atoms with Crippen LogP contribution in [-0.2, 0) is 6.61 Å². The predicted molar refractivity (Wildman–Crippen MR) is 108 cm³/mol. The fourth-order valence-electron chi connectivity index (χ4n) is 3.59. The van der Waals surface area contributed by atoms with E-state index in [0.29, 0.717) is 6.61 Å². The van der Waals surface area contributed by atoms with Crippen LogP contribution in [0.4, 0.5) is 5.82 Å². The number of piperidine rings is 1. The molecule has 0 N–H and O–H groups in total. The largest absolute Gasteiger partial charge is 0.487 e. The Hall–Kier alpha value is -2.26. The highest BCUT2D eigenvalue weighted by molar-refractivity contribution is 6.30. The molecule has 4 rings (SSSR count). The Bertz CT molecular complexity index is 912. The normalized spacial score (nSPS) is 17.5. The van der Waals surface area contributed by atoms with Crippen LogP contribution in [0.2, 0.25) is 5.02 Å². The minimum Gasteiger partial charge on any atom is -0.487 e. The fraction of sp³-hybridized carbons (Fsp3) is 0.318. The molecule has 2 aromatic carbocycles. The monoisotopic (exact) mass is 366 g/mol. The molecule has 1 fully saturated rings. The lowest BCUT2D eigenvalue weighted by molar-refractivity contribution is 0.309. The van der Waals surface area contributed by atoms with E-state index in [1.165, 1.54) is 12.8 Å². The summed E-state index contributed by atoms with van der Waals surface area (Å²) in [5.41, 5.74) is 1.97. The molecule has 0 saturated carbocycles. The Kier molecular flexibility index (Phi) is 4.98. The van der Waals surface area contributed by atoms with E-state index in [-0.39, 0.29) is 0 Å². The number of ether oxygens (including phenoxy) is 1. The summed E-state index contributed by atoms with van der Waals surface area (Å²) in [6.45, 7) is 4.94. The molecule has 0 spiro atoms. The molecule has 26 heavy (non-hydrogen) atoms. The molecular formula is C22H23ClN2O. The lowest BCUT2D eigenvalue weighted by atomic mass is 10.0. The zero-order valence-electron chi connectivity index (χ0n) is 15.0. The Morgan fingerprint density at radius 3 is 2.88 bits per heavy atom. The third kappa shape index (κ3) is 3.78. The number of benzene rings is 2. The lowest BCUT2D eigenvalue weighted by Gasteiger charge is -2.32. The van der Waals surface area contributed by atoms with Gasteiger partial charge in [-0.2, -0.15) is 0 Å². The van der Waals surface area contributed by atoms with Crippen LogP contribution in [0.5, 0.6) is 5.75 Å². The first-order chi connectivity index (χ1) is 12.7. The van der Waals surface area contributed by atoms with Gasteiger partial charge in [0.1, 0.15) is 23.7 Å². The minimum absolute atomic E-state index is 0.479. The molecule has 0 radical (unpaired) electrons. The van der Waals surface area contributed by atoms with Gasteiger partial charge >= 0.3 is 0 Å². The zero-order valence-corrected chi connectivity index (χ0v) is 15.7. The topological polar surface area (TPSA) is 25.4 Å². The van der Waals surface area contributed by atoms with E-state index in [0.717, 1.165) is 52.1 Å². The summed E-state index contributed by atoms with van der Waals surface area (Å²) in [6, 6.07) is 18.1. The fourth-order valence-corrected chi connectivity index (χ4v) is 3.80. The second kappa shape index (κ2) is 7.55. The predicted octanol–water partition coefficient (Wildman–Crippen LogP) is 5.70. The molecule has 3 aromatic rings. The van der Waals surface area contributed by atoms with Gasteiger partial charge in [0, 0.05) is 23.5 Å². The first-order valence-corrected chi connectivity index (χ1v) is 9.59. The highest BCUT2D eigenvalue weighted by atomic mass is 35.5. The molecule has 1 aliphatic rings. The average molecular weight is 367 g/mol. The maximum absolute atomic E-state index is 6.08. The number of hydrogen-bond donors (Lipinski definition) is 0. The van der Waals surface area contributed by atoms with Gasteiger partial charge in [0.05, 0.1) is 0 Å². The van der Waals surface area contributed by atoms with Crippen LogP contribution >= 0.6 is 11.6 Å². The third-order valence-corrected chi connectivity index (χ3v) is 5.17. The molecule has 0 aliphatic carbocycles. The van der Waals surface area contributed by atoms with Gasteiger partial charge in [0.15, 0.2) is 0 Å². The van der Waals surface area contributed by atoms with Crippen molar-refractivity contribution in [3.63, 3.8) is 0 Å². The SMILES string of the molecule is CC1CCCN(c2ccc3cccc(OCc4cccc(Cl)c4)c3n2)C1. The standard InChI is InChI=1S/C22H23ClN2O/c1-16-5-4-12-25(14-16)21-11-10-18-7-3-9-20(22(18)24-21)26-15-17-6-2-8-19(23)13-17/h2-3,6-11,13,16H,4-5,12,14-15H2,1H3. The summed E-state index contributed by atoms with van der Waals surface area (Å²) in [6.07, 6.45) is 2.53. The number of fused-ring (bicyclic) bond motifs is 1. The smallest absolute Gasteiger partial charge is 0.146 e.